The number of benzene rings is 3. The molecule has 0 heterocycles. The first-order valence-corrected chi connectivity index (χ1v) is 20.2. The van der Waals surface area contributed by atoms with Crippen molar-refractivity contribution in [2.45, 2.75) is 0 Å². The summed E-state index contributed by atoms with van der Waals surface area (Å²) in [6.07, 6.45) is 0. The van der Waals surface area contributed by atoms with Crippen LogP contribution in [0.1, 0.15) is 62.1 Å². The Kier molecular flexibility index (Phi) is 25.2. The molecular formula is C24Br12In2O12. The Balaban J connectivity index is 0. The van der Waals surface area contributed by atoms with E-state index in [9.17, 15) is 59.4 Å². The summed E-state index contributed by atoms with van der Waals surface area (Å²) >= 11 is 36.5. The van der Waals surface area contributed by atoms with Gasteiger partial charge in [0.2, 0.25) is 0 Å². The standard InChI is InChI=1S/3C8H2Br4O4.2In/c3*9-3-1(7(13)14)2(8(15)16)4(10)6(12)5(3)11;;/h3*(H,13,14)(H,15,16);;/q;;;2*+3/p-6. The van der Waals surface area contributed by atoms with Crippen molar-refractivity contribution in [3.63, 3.8) is 0 Å². The molecule has 0 aliphatic rings. The maximum Gasteiger partial charge on any atom is 3.00 e. The maximum atomic E-state index is 10.9. The molecule has 0 aliphatic heterocycles. The Bertz CT molecular complexity index is 1590. The summed E-state index contributed by atoms with van der Waals surface area (Å²) in [4.78, 5) is 65.2. The molecule has 0 aliphatic carbocycles. The molecule has 0 N–H and O–H groups in total. The van der Waals surface area contributed by atoms with Gasteiger partial charge in [-0.05, 0) is 191 Å². The van der Waals surface area contributed by atoms with E-state index in [4.69, 9.17) is 0 Å². The van der Waals surface area contributed by atoms with E-state index in [-0.39, 0.29) is 78.5 Å². The van der Waals surface area contributed by atoms with E-state index >= 15 is 0 Å². The van der Waals surface area contributed by atoms with Crippen molar-refractivity contribution < 1.29 is 59.4 Å². The predicted molar refractivity (Wildman–Crippen MR) is 209 cm³/mol. The Morgan fingerprint density at radius 2 is 0.320 bits per heavy atom. The van der Waals surface area contributed by atoms with E-state index < -0.39 is 69.2 Å². The molecule has 0 bridgehead atoms. The quantitative estimate of drug-likeness (QED) is 0.254. The van der Waals surface area contributed by atoms with Gasteiger partial charge in [-0.15, -0.1) is 0 Å². The fraction of sp³-hybridized carbons (Fsp3) is 0. The van der Waals surface area contributed by atoms with Crippen molar-refractivity contribution >= 4 is 279 Å². The number of carboxylic acid groups (broad SMARTS) is 6. The van der Waals surface area contributed by atoms with Crippen molar-refractivity contribution in [3.05, 3.63) is 87.1 Å². The van der Waals surface area contributed by atoms with Crippen LogP contribution in [-0.4, -0.2) is 87.5 Å². The number of aromatic carboxylic acids is 6. The average molecular weight is 1670 g/mol. The third kappa shape index (κ3) is 12.5. The van der Waals surface area contributed by atoms with Crippen molar-refractivity contribution in [1.82, 2.24) is 0 Å². The molecule has 0 atom stereocenters. The molecule has 0 aromatic heterocycles. The molecule has 3 aromatic rings. The van der Waals surface area contributed by atoms with Gasteiger partial charge in [0.1, 0.15) is 0 Å². The smallest absolute Gasteiger partial charge is 0.545 e. The number of halogens is 12. The Hall–Kier alpha value is 1.98. The Labute approximate surface area is 418 Å². The van der Waals surface area contributed by atoms with Gasteiger partial charge in [-0.2, -0.15) is 0 Å². The normalized spacial score (nSPS) is 9.84. The summed E-state index contributed by atoms with van der Waals surface area (Å²) in [5.41, 5.74) is -2.91. The molecule has 0 radical (unpaired) electrons. The van der Waals surface area contributed by atoms with E-state index in [0.717, 1.165) is 0 Å². The molecule has 3 aromatic carbocycles. The molecular weight excluding hydrogens is 1670 g/mol. The average Bonchev–Trinajstić information content (AvgIpc) is 2.98. The van der Waals surface area contributed by atoms with Crippen LogP contribution in [0.25, 0.3) is 0 Å². The molecule has 0 saturated carbocycles. The first kappa shape index (κ1) is 54.1. The number of carboxylic acids is 6. The minimum Gasteiger partial charge on any atom is -0.545 e. The van der Waals surface area contributed by atoms with Gasteiger partial charge in [0, 0.05) is 87.1 Å². The fourth-order valence-corrected chi connectivity index (χ4v) is 10.4. The molecule has 50 heavy (non-hydrogen) atoms. The number of rotatable bonds is 6. The third-order valence-corrected chi connectivity index (χ3v) is 19.3. The molecule has 258 valence electrons. The second-order valence-corrected chi connectivity index (χ2v) is 17.3. The minimum absolute atomic E-state index is 0. The molecule has 26 heteroatoms. The van der Waals surface area contributed by atoms with Crippen LogP contribution in [0, 0.1) is 0 Å². The van der Waals surface area contributed by atoms with Crippen molar-refractivity contribution in [2.24, 2.45) is 0 Å². The summed E-state index contributed by atoms with van der Waals surface area (Å²) in [5, 5.41) is 65.2. The second kappa shape index (κ2) is 23.3. The topological polar surface area (TPSA) is 241 Å². The summed E-state index contributed by atoms with van der Waals surface area (Å²) in [6, 6.07) is 0. The van der Waals surface area contributed by atoms with E-state index in [1.165, 1.54) is 0 Å². The molecule has 0 spiro atoms. The largest absolute Gasteiger partial charge is 3.00 e. The number of hydrogen-bond acceptors (Lipinski definition) is 12. The zero-order valence-corrected chi connectivity index (χ0v) is 48.2. The molecule has 3 rings (SSSR count). The van der Waals surface area contributed by atoms with Crippen LogP contribution < -0.4 is 30.6 Å². The van der Waals surface area contributed by atoms with E-state index in [0.29, 0.717) is 26.8 Å². The van der Waals surface area contributed by atoms with Crippen molar-refractivity contribution in [1.29, 1.82) is 0 Å². The van der Waals surface area contributed by atoms with E-state index in [1.54, 1.807) is 0 Å². The summed E-state index contributed by atoms with van der Waals surface area (Å²) in [6.45, 7) is 0. The van der Waals surface area contributed by atoms with Crippen LogP contribution in [0.5, 0.6) is 0 Å². The molecule has 0 unspecified atom stereocenters. The number of carbonyl (C=O) groups is 6. The van der Waals surface area contributed by atoms with Crippen LogP contribution >= 0.6 is 191 Å². The van der Waals surface area contributed by atoms with Crippen molar-refractivity contribution in [3.8, 4) is 0 Å². The maximum absolute atomic E-state index is 10.9. The van der Waals surface area contributed by atoms with Gasteiger partial charge in [0.15, 0.2) is 0 Å². The molecule has 0 amide bonds. The number of carbonyl (C=O) groups excluding carboxylic acids is 6. The zero-order chi connectivity index (χ0) is 37.9. The van der Waals surface area contributed by atoms with E-state index in [1.807, 2.05) is 0 Å². The first-order chi connectivity index (χ1) is 21.9. The third-order valence-electron chi connectivity index (χ3n) is 5.03. The SMILES string of the molecule is O=C([O-])c1c(Br)c(Br)c(Br)c(Br)c1C(=O)[O-].O=C([O-])c1c(Br)c(Br)c(Br)c(Br)c1C(=O)[O-].O=C([O-])c1c(Br)c(Br)c(Br)c(Br)c1C(=O)[O-].[In+3].[In+3]. The van der Waals surface area contributed by atoms with Crippen LogP contribution in [0.3, 0.4) is 0 Å². The molecule has 0 saturated heterocycles. The van der Waals surface area contributed by atoms with Gasteiger partial charge in [-0.25, -0.2) is 0 Å². The van der Waals surface area contributed by atoms with Gasteiger partial charge in [-0.1, -0.05) is 0 Å². The van der Waals surface area contributed by atoms with Crippen molar-refractivity contribution in [2.75, 3.05) is 0 Å². The first-order valence-electron chi connectivity index (χ1n) is 10.7. The van der Waals surface area contributed by atoms with Crippen LogP contribution in [0.4, 0.5) is 0 Å². The predicted octanol–water partition coefficient (Wildman–Crippen LogP) is 3.63. The van der Waals surface area contributed by atoms with Crippen LogP contribution in [-0.2, 0) is 0 Å². The molecule has 12 nitrogen and oxygen atoms in total. The zero-order valence-electron chi connectivity index (χ0n) is 22.6. The van der Waals surface area contributed by atoms with Gasteiger partial charge in [-0.3, -0.25) is 0 Å². The van der Waals surface area contributed by atoms with E-state index in [2.05, 4.69) is 191 Å². The fourth-order valence-electron chi connectivity index (χ4n) is 3.05. The Morgan fingerprint density at radius 1 is 0.240 bits per heavy atom. The van der Waals surface area contributed by atoms with Gasteiger partial charge in [0.25, 0.3) is 0 Å². The summed E-state index contributed by atoms with van der Waals surface area (Å²) in [7, 11) is 0. The Morgan fingerprint density at radius 3 is 0.380 bits per heavy atom. The monoisotopic (exact) mass is 1660 g/mol. The van der Waals surface area contributed by atoms with Gasteiger partial charge in [0.05, 0.1) is 35.8 Å². The van der Waals surface area contributed by atoms with Gasteiger partial charge >= 0.3 is 51.7 Å². The number of hydrogen-bond donors (Lipinski definition) is 0. The second-order valence-electron chi connectivity index (χ2n) is 7.74. The van der Waals surface area contributed by atoms with Gasteiger partial charge < -0.3 is 59.4 Å². The van der Waals surface area contributed by atoms with Crippen LogP contribution in [0.2, 0.25) is 0 Å². The summed E-state index contributed by atoms with van der Waals surface area (Å²) in [5.74, 6) is -9.67. The van der Waals surface area contributed by atoms with Crippen LogP contribution in [0.15, 0.2) is 53.7 Å². The molecule has 0 fully saturated rings. The minimum atomic E-state index is -1.61. The summed E-state index contributed by atoms with van der Waals surface area (Å²) < 4.78 is 2.61.